The molecule has 7 heteroatoms. The van der Waals surface area contributed by atoms with E-state index in [0.717, 1.165) is 0 Å². The van der Waals surface area contributed by atoms with E-state index in [1.165, 1.54) is 0 Å². The second-order valence-corrected chi connectivity index (χ2v) is 1.98. The Morgan fingerprint density at radius 1 is 1.80 bits per heavy atom. The fourth-order valence-electron chi connectivity index (χ4n) is 0.307. The lowest BCUT2D eigenvalue weighted by atomic mass is 10.5. The molecule has 0 bridgehead atoms. The average molecular weight is 164 g/mol. The van der Waals surface area contributed by atoms with Crippen LogP contribution in [0.15, 0.2) is 5.11 Å². The van der Waals surface area contributed by atoms with E-state index in [9.17, 15) is 8.76 Å². The number of hydrogen-bond acceptors (Lipinski definition) is 4. The van der Waals surface area contributed by atoms with Gasteiger partial charge in [0, 0.05) is 11.5 Å². The van der Waals surface area contributed by atoms with Crippen molar-refractivity contribution in [3.63, 3.8) is 0 Å². The zero-order chi connectivity index (χ0) is 7.82. The highest BCUT2D eigenvalue weighted by Gasteiger charge is 1.84. The molecule has 0 amide bonds. The maximum Gasteiger partial charge on any atom is 0.0842 e. The minimum atomic E-state index is -2.46. The molecule has 0 aliphatic carbocycles. The van der Waals surface area contributed by atoms with Gasteiger partial charge in [-0.25, -0.2) is 4.21 Å². The normalized spacial score (nSPS) is 12.1. The number of azide groups is 1. The van der Waals surface area contributed by atoms with Gasteiger partial charge in [-0.15, -0.1) is 0 Å². The average Bonchev–Trinajstić information content (AvgIpc) is 1.87. The van der Waals surface area contributed by atoms with E-state index in [-0.39, 0.29) is 13.2 Å². The molecule has 6 nitrogen and oxygen atoms in total. The maximum absolute atomic E-state index is 9.71. The molecule has 0 N–H and O–H groups in total. The van der Waals surface area contributed by atoms with E-state index >= 15 is 0 Å². The largest absolute Gasteiger partial charge is 0.750 e. The Balaban J connectivity index is 3.05. The van der Waals surface area contributed by atoms with Crippen LogP contribution in [0, 0.1) is 0 Å². The third-order valence-electron chi connectivity index (χ3n) is 0.645. The lowest BCUT2D eigenvalue weighted by molar-refractivity contribution is 0.297. The summed E-state index contributed by atoms with van der Waals surface area (Å²) < 4.78 is 23.5. The molecule has 1 unspecified atom stereocenters. The van der Waals surface area contributed by atoms with Gasteiger partial charge in [0.2, 0.25) is 0 Å². The fourth-order valence-corrected chi connectivity index (χ4v) is 0.561. The van der Waals surface area contributed by atoms with Crippen LogP contribution in [-0.4, -0.2) is 21.9 Å². The summed E-state index contributed by atoms with van der Waals surface area (Å²) in [5.74, 6) is 0. The molecule has 58 valence electrons. The zero-order valence-electron chi connectivity index (χ0n) is 5.10. The Hall–Kier alpha value is -0.620. The van der Waals surface area contributed by atoms with Crippen LogP contribution in [0.25, 0.3) is 10.4 Å². The van der Waals surface area contributed by atoms with Crippen LogP contribution in [0.1, 0.15) is 6.42 Å². The molecule has 0 spiro atoms. The minimum absolute atomic E-state index is 0.0646. The molecular formula is C3H6N3O3S-. The second-order valence-electron chi connectivity index (χ2n) is 1.33. The van der Waals surface area contributed by atoms with Gasteiger partial charge >= 0.3 is 0 Å². The summed E-state index contributed by atoms with van der Waals surface area (Å²) >= 11 is -2.46. The number of nitrogens with zero attached hydrogens (tertiary/aromatic N) is 3. The maximum atomic E-state index is 9.71. The molecule has 0 aromatic carbocycles. The minimum Gasteiger partial charge on any atom is -0.750 e. The first-order chi connectivity index (χ1) is 4.77. The van der Waals surface area contributed by atoms with Gasteiger partial charge in [-0.2, -0.15) is 0 Å². The summed E-state index contributed by atoms with van der Waals surface area (Å²) in [6.07, 6.45) is 0.415. The third-order valence-corrected chi connectivity index (χ3v) is 1.00. The monoisotopic (exact) mass is 164 g/mol. The second kappa shape index (κ2) is 6.50. The summed E-state index contributed by atoms with van der Waals surface area (Å²) in [5, 5.41) is 3.17. The van der Waals surface area contributed by atoms with Crippen LogP contribution in [-0.2, 0) is 15.5 Å². The first kappa shape index (κ1) is 9.38. The van der Waals surface area contributed by atoms with E-state index in [2.05, 4.69) is 14.2 Å². The van der Waals surface area contributed by atoms with Crippen molar-refractivity contribution in [2.45, 2.75) is 6.42 Å². The lowest BCUT2D eigenvalue weighted by Crippen LogP contribution is -1.98. The summed E-state index contributed by atoms with van der Waals surface area (Å²) in [5.41, 5.74) is 7.77. The SMILES string of the molecule is [N-]=[N+]=NCCCOS(=O)[O-]. The summed E-state index contributed by atoms with van der Waals surface area (Å²) in [6.45, 7) is 0.322. The number of rotatable bonds is 5. The Labute approximate surface area is 60.3 Å². The molecule has 0 aliphatic heterocycles. The van der Waals surface area contributed by atoms with Gasteiger partial charge in [-0.1, -0.05) is 5.11 Å². The zero-order valence-corrected chi connectivity index (χ0v) is 5.91. The molecule has 0 radical (unpaired) electrons. The van der Waals surface area contributed by atoms with Crippen molar-refractivity contribution in [3.8, 4) is 0 Å². The van der Waals surface area contributed by atoms with E-state index in [1.54, 1.807) is 0 Å². The predicted molar refractivity (Wildman–Crippen MR) is 33.5 cm³/mol. The smallest absolute Gasteiger partial charge is 0.0842 e. The van der Waals surface area contributed by atoms with Crippen molar-refractivity contribution in [1.82, 2.24) is 0 Å². The van der Waals surface area contributed by atoms with Gasteiger partial charge in [0.05, 0.1) is 18.0 Å². The van der Waals surface area contributed by atoms with E-state index in [4.69, 9.17) is 5.53 Å². The van der Waals surface area contributed by atoms with Gasteiger partial charge in [-0.3, -0.25) is 0 Å². The van der Waals surface area contributed by atoms with Crippen molar-refractivity contribution in [3.05, 3.63) is 10.4 Å². The molecule has 1 atom stereocenters. The molecule has 0 heterocycles. The topological polar surface area (TPSA) is 98.1 Å². The predicted octanol–water partition coefficient (Wildman–Crippen LogP) is 0.497. The van der Waals surface area contributed by atoms with Crippen molar-refractivity contribution >= 4 is 11.4 Å². The standard InChI is InChI=1S/C3H7N3O3S/c4-6-5-2-1-3-9-10(7)8/h1-3H2,(H,7,8)/p-1. The molecule has 0 aromatic heterocycles. The third kappa shape index (κ3) is 7.38. The van der Waals surface area contributed by atoms with Crippen molar-refractivity contribution in [1.29, 1.82) is 0 Å². The van der Waals surface area contributed by atoms with Crippen LogP contribution in [0.4, 0.5) is 0 Å². The van der Waals surface area contributed by atoms with E-state index in [0.29, 0.717) is 6.42 Å². The molecule has 0 fully saturated rings. The molecule has 0 saturated heterocycles. The quantitative estimate of drug-likeness (QED) is 0.194. The molecule has 0 rings (SSSR count). The Morgan fingerprint density at radius 2 is 2.50 bits per heavy atom. The number of hydrogen-bond donors (Lipinski definition) is 0. The molecule has 0 aliphatic rings. The highest BCUT2D eigenvalue weighted by Crippen LogP contribution is 1.85. The molecule has 0 aromatic rings. The van der Waals surface area contributed by atoms with Crippen LogP contribution >= 0.6 is 0 Å². The van der Waals surface area contributed by atoms with Crippen molar-refractivity contribution < 1.29 is 12.9 Å². The highest BCUT2D eigenvalue weighted by atomic mass is 32.2. The van der Waals surface area contributed by atoms with Crippen LogP contribution in [0.3, 0.4) is 0 Å². The Bertz CT molecular complexity index is 151. The first-order valence-electron chi connectivity index (χ1n) is 2.50. The van der Waals surface area contributed by atoms with Gasteiger partial charge in [0.15, 0.2) is 0 Å². The Kier molecular flexibility index (Phi) is 6.10. The highest BCUT2D eigenvalue weighted by molar-refractivity contribution is 7.74. The summed E-state index contributed by atoms with van der Waals surface area (Å²) in [4.78, 5) is 2.47. The van der Waals surface area contributed by atoms with Gasteiger partial charge in [0.1, 0.15) is 0 Å². The van der Waals surface area contributed by atoms with Crippen LogP contribution in [0.2, 0.25) is 0 Å². The van der Waals surface area contributed by atoms with Crippen molar-refractivity contribution in [2.24, 2.45) is 5.11 Å². The van der Waals surface area contributed by atoms with Crippen LogP contribution < -0.4 is 0 Å². The molecule has 0 saturated carbocycles. The first-order valence-corrected chi connectivity index (χ1v) is 3.50. The van der Waals surface area contributed by atoms with E-state index in [1.807, 2.05) is 0 Å². The van der Waals surface area contributed by atoms with Gasteiger partial charge in [-0.05, 0) is 12.0 Å². The van der Waals surface area contributed by atoms with Gasteiger partial charge in [0.25, 0.3) is 0 Å². The van der Waals surface area contributed by atoms with Gasteiger partial charge < -0.3 is 8.74 Å². The van der Waals surface area contributed by atoms with Crippen LogP contribution in [0.5, 0.6) is 0 Å². The summed E-state index contributed by atoms with van der Waals surface area (Å²) in [6, 6.07) is 0. The summed E-state index contributed by atoms with van der Waals surface area (Å²) in [7, 11) is 0. The van der Waals surface area contributed by atoms with E-state index < -0.39 is 11.4 Å². The molecular weight excluding hydrogens is 158 g/mol. The lowest BCUT2D eigenvalue weighted by Gasteiger charge is -2.02. The Morgan fingerprint density at radius 3 is 3.00 bits per heavy atom. The molecule has 10 heavy (non-hydrogen) atoms. The fraction of sp³-hybridized carbons (Fsp3) is 1.00. The van der Waals surface area contributed by atoms with Crippen molar-refractivity contribution in [2.75, 3.05) is 13.2 Å².